The third-order valence-electron chi connectivity index (χ3n) is 2.47. The normalized spacial score (nSPS) is 13.2. The molecule has 0 unspecified atom stereocenters. The second-order valence-electron chi connectivity index (χ2n) is 3.50. The van der Waals surface area contributed by atoms with Crippen molar-refractivity contribution in [2.24, 2.45) is 0 Å². The fourth-order valence-corrected chi connectivity index (χ4v) is 2.62. The number of aromatic nitrogens is 2. The van der Waals surface area contributed by atoms with Crippen molar-refractivity contribution < 1.29 is 5.11 Å². The van der Waals surface area contributed by atoms with Crippen molar-refractivity contribution in [3.8, 4) is 17.0 Å². The zero-order valence-corrected chi connectivity index (χ0v) is 11.0. The van der Waals surface area contributed by atoms with Gasteiger partial charge in [0, 0.05) is 24.1 Å². The van der Waals surface area contributed by atoms with Crippen molar-refractivity contribution >= 4 is 28.7 Å². The number of aryl methyl sites for hydroxylation is 1. The van der Waals surface area contributed by atoms with Gasteiger partial charge in [0.15, 0.2) is 5.16 Å². The molecule has 84 valence electrons. The average molecular weight is 299 g/mol. The summed E-state index contributed by atoms with van der Waals surface area (Å²) in [6.45, 7) is 1.05. The van der Waals surface area contributed by atoms with E-state index in [1.54, 1.807) is 23.9 Å². The van der Waals surface area contributed by atoms with E-state index in [1.165, 1.54) is 0 Å². The molecule has 0 radical (unpaired) electrons. The number of phenolic OH excluding ortho intramolecular Hbond substituents is 1. The van der Waals surface area contributed by atoms with E-state index in [0.717, 1.165) is 28.7 Å². The third-order valence-corrected chi connectivity index (χ3v) is 3.44. The Hall–Kier alpha value is -0.940. The van der Waals surface area contributed by atoms with E-state index in [-0.39, 0.29) is 17.0 Å². The summed E-state index contributed by atoms with van der Waals surface area (Å²) < 4.78 is 2.17. The Morgan fingerprint density at radius 2 is 2.00 bits per heavy atom. The minimum Gasteiger partial charge on any atom is -0.508 e. The molecule has 0 fully saturated rings. The van der Waals surface area contributed by atoms with Gasteiger partial charge in [0.05, 0.1) is 5.69 Å². The molecule has 2 heterocycles. The summed E-state index contributed by atoms with van der Waals surface area (Å²) in [5.74, 6) is 1.41. The standard InChI is InChI=1S/C11H10N2OS.BrH/c14-9-3-1-8(2-4-9)10-7-13-5-6-15-11(13)12-10;/h1-4,7,14H,5-6H2;1H. The zero-order valence-electron chi connectivity index (χ0n) is 8.46. The topological polar surface area (TPSA) is 38.0 Å². The summed E-state index contributed by atoms with van der Waals surface area (Å²) in [5, 5.41) is 10.3. The van der Waals surface area contributed by atoms with Gasteiger partial charge in [-0.3, -0.25) is 0 Å². The van der Waals surface area contributed by atoms with Crippen molar-refractivity contribution in [2.75, 3.05) is 5.75 Å². The summed E-state index contributed by atoms with van der Waals surface area (Å²) >= 11 is 1.79. The van der Waals surface area contributed by atoms with Crippen LogP contribution in [0.4, 0.5) is 0 Å². The maximum atomic E-state index is 9.19. The molecule has 16 heavy (non-hydrogen) atoms. The largest absolute Gasteiger partial charge is 0.508 e. The number of imidazole rings is 1. The molecular weight excluding hydrogens is 288 g/mol. The highest BCUT2D eigenvalue weighted by molar-refractivity contribution is 8.93. The molecule has 3 nitrogen and oxygen atoms in total. The van der Waals surface area contributed by atoms with Gasteiger partial charge in [-0.1, -0.05) is 11.8 Å². The van der Waals surface area contributed by atoms with Crippen LogP contribution in [-0.4, -0.2) is 20.4 Å². The van der Waals surface area contributed by atoms with Crippen LogP contribution in [0.3, 0.4) is 0 Å². The van der Waals surface area contributed by atoms with Gasteiger partial charge in [-0.2, -0.15) is 0 Å². The number of fused-ring (bicyclic) bond motifs is 1. The molecule has 3 rings (SSSR count). The van der Waals surface area contributed by atoms with Crippen molar-refractivity contribution in [3.63, 3.8) is 0 Å². The fraction of sp³-hybridized carbons (Fsp3) is 0.182. The van der Waals surface area contributed by atoms with Gasteiger partial charge in [0.1, 0.15) is 5.75 Å². The van der Waals surface area contributed by atoms with Gasteiger partial charge >= 0.3 is 0 Å². The van der Waals surface area contributed by atoms with Gasteiger partial charge < -0.3 is 9.67 Å². The number of phenols is 1. The summed E-state index contributed by atoms with van der Waals surface area (Å²) in [6.07, 6.45) is 2.07. The molecule has 5 heteroatoms. The lowest BCUT2D eigenvalue weighted by Gasteiger charge is -1.96. The second-order valence-corrected chi connectivity index (χ2v) is 4.56. The molecule has 0 bridgehead atoms. The van der Waals surface area contributed by atoms with Crippen LogP contribution in [0.15, 0.2) is 35.6 Å². The van der Waals surface area contributed by atoms with Crippen LogP contribution in [0.5, 0.6) is 5.75 Å². The molecule has 0 saturated carbocycles. The average Bonchev–Trinajstić information content (AvgIpc) is 2.78. The molecule has 1 aliphatic rings. The number of halogens is 1. The first-order chi connectivity index (χ1) is 7.33. The molecule has 1 aromatic carbocycles. The SMILES string of the molecule is Br.Oc1ccc(-c2cn3c(n2)SCC3)cc1. The molecule has 0 saturated heterocycles. The smallest absolute Gasteiger partial charge is 0.168 e. The van der Waals surface area contributed by atoms with Crippen molar-refractivity contribution in [2.45, 2.75) is 11.7 Å². The Bertz CT molecular complexity index is 474. The number of thioether (sulfide) groups is 1. The molecule has 0 atom stereocenters. The van der Waals surface area contributed by atoms with Gasteiger partial charge in [-0.15, -0.1) is 17.0 Å². The highest BCUT2D eigenvalue weighted by Gasteiger charge is 2.14. The van der Waals surface area contributed by atoms with Crippen LogP contribution in [0.2, 0.25) is 0 Å². The van der Waals surface area contributed by atoms with Crippen LogP contribution in [0.1, 0.15) is 0 Å². The van der Waals surface area contributed by atoms with Gasteiger partial charge in [-0.05, 0) is 24.3 Å². The Kier molecular flexibility index (Phi) is 3.25. The first-order valence-corrected chi connectivity index (χ1v) is 5.81. The first kappa shape index (κ1) is 11.5. The first-order valence-electron chi connectivity index (χ1n) is 4.82. The number of hydrogen-bond donors (Lipinski definition) is 1. The number of nitrogens with zero attached hydrogens (tertiary/aromatic N) is 2. The second kappa shape index (κ2) is 4.51. The highest BCUT2D eigenvalue weighted by atomic mass is 79.9. The molecule has 0 amide bonds. The Morgan fingerprint density at radius 3 is 2.69 bits per heavy atom. The molecule has 1 aliphatic heterocycles. The van der Waals surface area contributed by atoms with E-state index in [1.807, 2.05) is 12.1 Å². The summed E-state index contributed by atoms with van der Waals surface area (Å²) in [6, 6.07) is 7.15. The summed E-state index contributed by atoms with van der Waals surface area (Å²) in [4.78, 5) is 4.53. The van der Waals surface area contributed by atoms with Gasteiger partial charge in [-0.25, -0.2) is 4.98 Å². The van der Waals surface area contributed by atoms with E-state index in [4.69, 9.17) is 0 Å². The van der Waals surface area contributed by atoms with E-state index in [9.17, 15) is 5.11 Å². The molecular formula is C11H11BrN2OS. The lowest BCUT2D eigenvalue weighted by atomic mass is 10.2. The van der Waals surface area contributed by atoms with Crippen molar-refractivity contribution in [1.29, 1.82) is 0 Å². The minimum absolute atomic E-state index is 0. The van der Waals surface area contributed by atoms with Crippen LogP contribution < -0.4 is 0 Å². The lowest BCUT2D eigenvalue weighted by molar-refractivity contribution is 0.475. The predicted molar refractivity (Wildman–Crippen MR) is 70.4 cm³/mol. The van der Waals surface area contributed by atoms with Crippen LogP contribution >= 0.6 is 28.7 Å². The monoisotopic (exact) mass is 298 g/mol. The number of hydrogen-bond acceptors (Lipinski definition) is 3. The number of benzene rings is 1. The van der Waals surface area contributed by atoms with E-state index >= 15 is 0 Å². The quantitative estimate of drug-likeness (QED) is 0.880. The maximum absolute atomic E-state index is 9.19. The zero-order chi connectivity index (χ0) is 10.3. The van der Waals surface area contributed by atoms with E-state index in [2.05, 4.69) is 15.7 Å². The minimum atomic E-state index is 0. The van der Waals surface area contributed by atoms with E-state index < -0.39 is 0 Å². The third kappa shape index (κ3) is 1.97. The van der Waals surface area contributed by atoms with Crippen LogP contribution in [-0.2, 0) is 6.54 Å². The molecule has 1 N–H and O–H groups in total. The number of rotatable bonds is 1. The van der Waals surface area contributed by atoms with Crippen LogP contribution in [0, 0.1) is 0 Å². The van der Waals surface area contributed by atoms with Gasteiger partial charge in [0.25, 0.3) is 0 Å². The lowest BCUT2D eigenvalue weighted by Crippen LogP contribution is -1.89. The molecule has 0 aliphatic carbocycles. The molecule has 2 aromatic rings. The highest BCUT2D eigenvalue weighted by Crippen LogP contribution is 2.29. The van der Waals surface area contributed by atoms with Crippen molar-refractivity contribution in [1.82, 2.24) is 9.55 Å². The molecule has 0 spiro atoms. The Morgan fingerprint density at radius 1 is 1.25 bits per heavy atom. The predicted octanol–water partition coefficient (Wildman–Crippen LogP) is 2.94. The summed E-state index contributed by atoms with van der Waals surface area (Å²) in [5.41, 5.74) is 2.03. The maximum Gasteiger partial charge on any atom is 0.168 e. The summed E-state index contributed by atoms with van der Waals surface area (Å²) in [7, 11) is 0. The number of aromatic hydroxyl groups is 1. The van der Waals surface area contributed by atoms with E-state index in [0.29, 0.717) is 5.75 Å². The Labute approximate surface area is 108 Å². The Balaban J connectivity index is 0.000000963. The van der Waals surface area contributed by atoms with Crippen molar-refractivity contribution in [3.05, 3.63) is 30.5 Å². The molecule has 1 aromatic heterocycles. The fourth-order valence-electron chi connectivity index (χ4n) is 1.68. The van der Waals surface area contributed by atoms with Gasteiger partial charge in [0.2, 0.25) is 0 Å². The van der Waals surface area contributed by atoms with Crippen LogP contribution in [0.25, 0.3) is 11.3 Å².